The van der Waals surface area contributed by atoms with Crippen molar-refractivity contribution in [3.05, 3.63) is 64.9 Å². The molecular weight excluding hydrogens is 276 g/mol. The van der Waals surface area contributed by atoms with Crippen molar-refractivity contribution >= 4 is 17.5 Å². The van der Waals surface area contributed by atoms with E-state index in [2.05, 4.69) is 10.3 Å². The molecule has 2 aromatic rings. The predicted octanol–water partition coefficient (Wildman–Crippen LogP) is 2.85. The monoisotopic (exact) mass is 290 g/mol. The summed E-state index contributed by atoms with van der Waals surface area (Å²) in [7, 11) is 1.60. The fourth-order valence-corrected chi connectivity index (χ4v) is 1.95. The zero-order valence-electron chi connectivity index (χ0n) is 11.0. The van der Waals surface area contributed by atoms with Crippen LogP contribution in [0.3, 0.4) is 0 Å². The molecule has 0 unspecified atom stereocenters. The number of ether oxygens (including phenoxy) is 1. The van der Waals surface area contributed by atoms with Gasteiger partial charge in [-0.1, -0.05) is 23.7 Å². The highest BCUT2D eigenvalue weighted by atomic mass is 35.5. The molecule has 104 valence electrons. The number of pyridine rings is 1. The summed E-state index contributed by atoms with van der Waals surface area (Å²) in [6.45, 7) is 0.383. The normalized spacial score (nSPS) is 11.9. The van der Waals surface area contributed by atoms with Crippen LogP contribution in [0.4, 0.5) is 0 Å². The molecule has 0 saturated heterocycles. The third kappa shape index (κ3) is 3.79. The second-order valence-corrected chi connectivity index (χ2v) is 4.71. The second kappa shape index (κ2) is 7.03. The van der Waals surface area contributed by atoms with Crippen LogP contribution < -0.4 is 5.32 Å². The number of aromatic nitrogens is 1. The Morgan fingerprint density at radius 2 is 2.10 bits per heavy atom. The number of hydrogen-bond donors (Lipinski definition) is 1. The molecule has 0 aliphatic heterocycles. The highest BCUT2D eigenvalue weighted by molar-refractivity contribution is 6.30. The molecule has 0 aliphatic rings. The minimum atomic E-state index is -0.232. The van der Waals surface area contributed by atoms with Crippen molar-refractivity contribution in [1.82, 2.24) is 10.3 Å². The number of rotatable bonds is 5. The summed E-state index contributed by atoms with van der Waals surface area (Å²) >= 11 is 5.87. The van der Waals surface area contributed by atoms with E-state index in [1.165, 1.54) is 6.20 Å². The minimum Gasteiger partial charge on any atom is -0.382 e. The van der Waals surface area contributed by atoms with Gasteiger partial charge in [0.1, 0.15) is 0 Å². The Balaban J connectivity index is 2.13. The fraction of sp³-hybridized carbons (Fsp3) is 0.200. The number of benzene rings is 1. The van der Waals surface area contributed by atoms with Crippen molar-refractivity contribution in [3.8, 4) is 0 Å². The lowest BCUT2D eigenvalue weighted by Gasteiger charge is -2.18. The summed E-state index contributed by atoms with van der Waals surface area (Å²) in [5.74, 6) is -0.185. The van der Waals surface area contributed by atoms with Crippen LogP contribution in [-0.4, -0.2) is 24.6 Å². The van der Waals surface area contributed by atoms with Crippen LogP contribution in [-0.2, 0) is 4.74 Å². The minimum absolute atomic E-state index is 0.185. The maximum absolute atomic E-state index is 12.1. The number of halogens is 1. The van der Waals surface area contributed by atoms with Crippen molar-refractivity contribution in [3.63, 3.8) is 0 Å². The summed E-state index contributed by atoms with van der Waals surface area (Å²) in [5, 5.41) is 3.58. The lowest BCUT2D eigenvalue weighted by atomic mass is 10.1. The molecule has 0 radical (unpaired) electrons. The smallest absolute Gasteiger partial charge is 0.253 e. The van der Waals surface area contributed by atoms with E-state index in [4.69, 9.17) is 16.3 Å². The quantitative estimate of drug-likeness (QED) is 0.921. The molecule has 0 aliphatic carbocycles. The van der Waals surface area contributed by atoms with E-state index in [1.54, 1.807) is 37.6 Å². The highest BCUT2D eigenvalue weighted by Gasteiger charge is 2.15. The zero-order chi connectivity index (χ0) is 14.4. The molecule has 0 spiro atoms. The lowest BCUT2D eigenvalue weighted by molar-refractivity contribution is 0.0896. The van der Waals surface area contributed by atoms with Crippen molar-refractivity contribution in [2.24, 2.45) is 0 Å². The molecule has 4 nitrogen and oxygen atoms in total. The predicted molar refractivity (Wildman–Crippen MR) is 77.8 cm³/mol. The Labute approximate surface area is 122 Å². The average Bonchev–Trinajstić information content (AvgIpc) is 2.48. The van der Waals surface area contributed by atoms with Crippen molar-refractivity contribution in [1.29, 1.82) is 0 Å². The first-order valence-corrected chi connectivity index (χ1v) is 6.54. The Kier molecular flexibility index (Phi) is 5.09. The number of methoxy groups -OCH3 is 1. The van der Waals surface area contributed by atoms with Gasteiger partial charge in [-0.3, -0.25) is 9.78 Å². The number of carbonyl (C=O) groups is 1. The van der Waals surface area contributed by atoms with Crippen molar-refractivity contribution < 1.29 is 9.53 Å². The van der Waals surface area contributed by atoms with Crippen LogP contribution in [0.5, 0.6) is 0 Å². The van der Waals surface area contributed by atoms with E-state index in [0.717, 1.165) is 5.56 Å². The summed E-state index contributed by atoms with van der Waals surface area (Å²) < 4.78 is 5.16. The first kappa shape index (κ1) is 14.5. The van der Waals surface area contributed by atoms with Gasteiger partial charge in [0, 0.05) is 24.5 Å². The molecule has 20 heavy (non-hydrogen) atoms. The van der Waals surface area contributed by atoms with Crippen LogP contribution in [0.2, 0.25) is 5.02 Å². The Hall–Kier alpha value is -1.91. The molecule has 1 atom stereocenters. The summed E-state index contributed by atoms with van der Waals surface area (Å²) in [6, 6.07) is 10.5. The van der Waals surface area contributed by atoms with E-state index in [0.29, 0.717) is 17.2 Å². The second-order valence-electron chi connectivity index (χ2n) is 4.27. The Morgan fingerprint density at radius 1 is 1.35 bits per heavy atom. The number of hydrogen-bond acceptors (Lipinski definition) is 3. The van der Waals surface area contributed by atoms with E-state index in [-0.39, 0.29) is 11.9 Å². The van der Waals surface area contributed by atoms with Gasteiger partial charge in [0.15, 0.2) is 0 Å². The fourth-order valence-electron chi connectivity index (χ4n) is 1.82. The van der Waals surface area contributed by atoms with Gasteiger partial charge in [-0.25, -0.2) is 0 Å². The van der Waals surface area contributed by atoms with Gasteiger partial charge in [0.2, 0.25) is 0 Å². The molecule has 1 aromatic carbocycles. The largest absolute Gasteiger partial charge is 0.382 e. The molecule has 0 bridgehead atoms. The average molecular weight is 291 g/mol. The van der Waals surface area contributed by atoms with Gasteiger partial charge in [-0.05, 0) is 29.8 Å². The van der Waals surface area contributed by atoms with Crippen molar-refractivity contribution in [2.75, 3.05) is 13.7 Å². The van der Waals surface area contributed by atoms with E-state index in [9.17, 15) is 4.79 Å². The maximum atomic E-state index is 12.1. The van der Waals surface area contributed by atoms with Gasteiger partial charge < -0.3 is 10.1 Å². The van der Waals surface area contributed by atoms with Gasteiger partial charge in [-0.15, -0.1) is 0 Å². The first-order chi connectivity index (χ1) is 9.70. The first-order valence-electron chi connectivity index (χ1n) is 6.16. The van der Waals surface area contributed by atoms with Crippen LogP contribution in [0.25, 0.3) is 0 Å². The van der Waals surface area contributed by atoms with E-state index < -0.39 is 0 Å². The third-order valence-electron chi connectivity index (χ3n) is 2.83. The van der Waals surface area contributed by atoms with Crippen LogP contribution >= 0.6 is 11.6 Å². The highest BCUT2D eigenvalue weighted by Crippen LogP contribution is 2.17. The summed E-state index contributed by atoms with van der Waals surface area (Å²) in [5.41, 5.74) is 1.45. The van der Waals surface area contributed by atoms with E-state index in [1.807, 2.05) is 12.1 Å². The number of carbonyl (C=O) groups excluding carboxylic acids is 1. The van der Waals surface area contributed by atoms with Gasteiger partial charge in [0.25, 0.3) is 5.91 Å². The maximum Gasteiger partial charge on any atom is 0.253 e. The molecule has 0 fully saturated rings. The molecule has 1 N–H and O–H groups in total. The summed E-state index contributed by atoms with van der Waals surface area (Å²) in [6.07, 6.45) is 3.16. The molecule has 1 aromatic heterocycles. The number of amides is 1. The molecular formula is C15H15ClN2O2. The lowest BCUT2D eigenvalue weighted by Crippen LogP contribution is -2.31. The van der Waals surface area contributed by atoms with Gasteiger partial charge in [0.05, 0.1) is 18.2 Å². The van der Waals surface area contributed by atoms with Gasteiger partial charge in [-0.2, -0.15) is 0 Å². The number of nitrogens with one attached hydrogen (secondary N) is 1. The Bertz CT molecular complexity index is 558. The van der Waals surface area contributed by atoms with Gasteiger partial charge >= 0.3 is 0 Å². The van der Waals surface area contributed by atoms with Crippen LogP contribution in [0, 0.1) is 0 Å². The standard InChI is InChI=1S/C15H15ClN2O2/c1-20-10-14(11-4-6-13(16)7-5-11)18-15(19)12-3-2-8-17-9-12/h2-9,14H,10H2,1H3,(H,18,19)/t14-/m1/s1. The summed E-state index contributed by atoms with van der Waals surface area (Å²) in [4.78, 5) is 16.1. The topological polar surface area (TPSA) is 51.2 Å². The third-order valence-corrected chi connectivity index (χ3v) is 3.09. The van der Waals surface area contributed by atoms with Crippen molar-refractivity contribution in [2.45, 2.75) is 6.04 Å². The molecule has 1 amide bonds. The molecule has 0 saturated carbocycles. The molecule has 5 heteroatoms. The van der Waals surface area contributed by atoms with Crippen LogP contribution in [0.1, 0.15) is 22.0 Å². The SMILES string of the molecule is COC[C@@H](NC(=O)c1cccnc1)c1ccc(Cl)cc1. The Morgan fingerprint density at radius 3 is 2.70 bits per heavy atom. The molecule has 2 rings (SSSR count). The molecule has 1 heterocycles. The van der Waals surface area contributed by atoms with E-state index >= 15 is 0 Å². The number of nitrogens with zero attached hydrogens (tertiary/aromatic N) is 1. The zero-order valence-corrected chi connectivity index (χ0v) is 11.8. The van der Waals surface area contributed by atoms with Crippen LogP contribution in [0.15, 0.2) is 48.8 Å².